The van der Waals surface area contributed by atoms with Gasteiger partial charge in [-0.1, -0.05) is 17.7 Å². The summed E-state index contributed by atoms with van der Waals surface area (Å²) < 4.78 is 22.9. The van der Waals surface area contributed by atoms with Gasteiger partial charge < -0.3 is 10.6 Å². The van der Waals surface area contributed by atoms with Crippen molar-refractivity contribution in [1.82, 2.24) is 5.32 Å². The average molecular weight is 331 g/mol. The molecule has 2 N–H and O–H groups in total. The van der Waals surface area contributed by atoms with Crippen LogP contribution >= 0.6 is 11.6 Å². The zero-order chi connectivity index (χ0) is 15.7. The third-order valence-corrected chi connectivity index (χ3v) is 6.23. The van der Waals surface area contributed by atoms with Crippen molar-refractivity contribution in [3.8, 4) is 0 Å². The molecular weight excluding hydrogens is 312 g/mol. The number of hydrogen-bond donors (Lipinski definition) is 2. The lowest BCUT2D eigenvalue weighted by atomic mass is 9.95. The first-order valence-corrected chi connectivity index (χ1v) is 9.01. The summed E-state index contributed by atoms with van der Waals surface area (Å²) >= 11 is 6.10. The number of carbonyl (C=O) groups excluding carboxylic acids is 1. The number of benzene rings is 1. The van der Waals surface area contributed by atoms with Crippen LogP contribution in [0.5, 0.6) is 0 Å². The number of hydrogen-bond acceptors (Lipinski definition) is 4. The number of amides is 1. The van der Waals surface area contributed by atoms with E-state index < -0.39 is 20.5 Å². The first-order valence-electron chi connectivity index (χ1n) is 6.74. The molecule has 0 aliphatic carbocycles. The second kappa shape index (κ2) is 5.94. The van der Waals surface area contributed by atoms with Gasteiger partial charge in [0.15, 0.2) is 14.6 Å². The second-order valence-corrected chi connectivity index (χ2v) is 8.19. The summed E-state index contributed by atoms with van der Waals surface area (Å²) in [5.74, 6) is -0.503. The lowest BCUT2D eigenvalue weighted by Gasteiger charge is -2.34. The Hall–Kier alpha value is -1.11. The highest BCUT2D eigenvalue weighted by Crippen LogP contribution is 2.31. The van der Waals surface area contributed by atoms with Crippen LogP contribution in [0.1, 0.15) is 18.4 Å². The van der Waals surface area contributed by atoms with Crippen molar-refractivity contribution in [3.63, 3.8) is 0 Å². The first-order chi connectivity index (χ1) is 9.76. The molecule has 1 aliphatic heterocycles. The molecule has 1 saturated heterocycles. The summed E-state index contributed by atoms with van der Waals surface area (Å²) in [6, 6.07) is 5.23. The van der Waals surface area contributed by atoms with E-state index in [1.54, 1.807) is 12.1 Å². The second-order valence-electron chi connectivity index (χ2n) is 5.45. The Morgan fingerprint density at radius 3 is 2.48 bits per heavy atom. The zero-order valence-electron chi connectivity index (χ0n) is 12.1. The Balaban J connectivity index is 2.31. The average Bonchev–Trinajstić information content (AvgIpc) is 2.41. The Morgan fingerprint density at radius 2 is 1.95 bits per heavy atom. The molecule has 21 heavy (non-hydrogen) atoms. The third kappa shape index (κ3) is 3.22. The van der Waals surface area contributed by atoms with E-state index in [2.05, 4.69) is 10.6 Å². The zero-order valence-corrected chi connectivity index (χ0v) is 13.6. The molecule has 0 unspecified atom stereocenters. The minimum absolute atomic E-state index is 0.265. The van der Waals surface area contributed by atoms with Gasteiger partial charge in [0, 0.05) is 6.26 Å². The normalized spacial score (nSPS) is 18.2. The largest absolute Gasteiger partial charge is 0.323 e. The SMILES string of the molecule is Cc1ccc(NC(=O)C2(S(C)(=O)=O)CCNCC2)c(Cl)c1. The number of nitrogens with one attached hydrogen (secondary N) is 2. The van der Waals surface area contributed by atoms with E-state index in [1.807, 2.05) is 13.0 Å². The van der Waals surface area contributed by atoms with Crippen LogP contribution in [0.2, 0.25) is 5.02 Å². The fourth-order valence-electron chi connectivity index (χ4n) is 2.55. The third-order valence-electron chi connectivity index (χ3n) is 3.91. The van der Waals surface area contributed by atoms with Crippen LogP contribution in [0.4, 0.5) is 5.69 Å². The molecule has 1 amide bonds. The number of carbonyl (C=O) groups is 1. The lowest BCUT2D eigenvalue weighted by Crippen LogP contribution is -2.55. The van der Waals surface area contributed by atoms with Crippen LogP contribution in [0.25, 0.3) is 0 Å². The number of sulfone groups is 1. The Bertz CT molecular complexity index is 652. The molecule has 0 aromatic heterocycles. The standard InChI is InChI=1S/C14H19ClN2O3S/c1-10-3-4-12(11(15)9-10)17-13(18)14(21(2,19)20)5-7-16-8-6-14/h3-4,9,16H,5-8H2,1-2H3,(H,17,18). The fourth-order valence-corrected chi connectivity index (χ4v) is 4.17. The minimum Gasteiger partial charge on any atom is -0.323 e. The summed E-state index contributed by atoms with van der Waals surface area (Å²) in [4.78, 5) is 12.6. The van der Waals surface area contributed by atoms with Gasteiger partial charge in [0.05, 0.1) is 10.7 Å². The summed E-state index contributed by atoms with van der Waals surface area (Å²) in [5, 5.41) is 6.16. The number of aryl methyl sites for hydroxylation is 1. The van der Waals surface area contributed by atoms with E-state index in [9.17, 15) is 13.2 Å². The van der Waals surface area contributed by atoms with Gasteiger partial charge in [-0.05, 0) is 50.6 Å². The summed E-state index contributed by atoms with van der Waals surface area (Å²) in [7, 11) is -3.52. The van der Waals surface area contributed by atoms with Gasteiger partial charge in [-0.2, -0.15) is 0 Å². The molecule has 1 aromatic rings. The number of rotatable bonds is 3. The van der Waals surface area contributed by atoms with Crippen molar-refractivity contribution in [2.24, 2.45) is 0 Å². The van der Waals surface area contributed by atoms with Gasteiger partial charge in [-0.15, -0.1) is 0 Å². The first kappa shape index (κ1) is 16.3. The van der Waals surface area contributed by atoms with E-state index in [-0.39, 0.29) is 12.8 Å². The molecule has 7 heteroatoms. The van der Waals surface area contributed by atoms with Crippen LogP contribution in [0.3, 0.4) is 0 Å². The summed E-state index contributed by atoms with van der Waals surface area (Å²) in [6.07, 6.45) is 1.65. The molecule has 116 valence electrons. The van der Waals surface area contributed by atoms with E-state index in [1.165, 1.54) is 0 Å². The molecule has 5 nitrogen and oxygen atoms in total. The van der Waals surface area contributed by atoms with Crippen LogP contribution < -0.4 is 10.6 Å². The molecule has 0 radical (unpaired) electrons. The van der Waals surface area contributed by atoms with Crippen molar-refractivity contribution in [1.29, 1.82) is 0 Å². The smallest absolute Gasteiger partial charge is 0.245 e. The molecular formula is C14H19ClN2O3S. The van der Waals surface area contributed by atoms with Crippen molar-refractivity contribution in [2.45, 2.75) is 24.5 Å². The molecule has 0 saturated carbocycles. The summed E-state index contributed by atoms with van der Waals surface area (Å²) in [6.45, 7) is 2.90. The topological polar surface area (TPSA) is 75.3 Å². The maximum atomic E-state index is 12.6. The highest BCUT2D eigenvalue weighted by molar-refractivity contribution is 7.92. The number of halogens is 1. The van der Waals surface area contributed by atoms with Crippen molar-refractivity contribution in [2.75, 3.05) is 24.7 Å². The highest BCUT2D eigenvalue weighted by atomic mass is 35.5. The van der Waals surface area contributed by atoms with Gasteiger partial charge in [0.25, 0.3) is 0 Å². The van der Waals surface area contributed by atoms with Crippen molar-refractivity contribution in [3.05, 3.63) is 28.8 Å². The Morgan fingerprint density at radius 1 is 1.33 bits per heavy atom. The van der Waals surface area contributed by atoms with Gasteiger partial charge in [0.2, 0.25) is 5.91 Å². The van der Waals surface area contributed by atoms with Crippen LogP contribution in [-0.4, -0.2) is 38.4 Å². The summed E-state index contributed by atoms with van der Waals surface area (Å²) in [5.41, 5.74) is 1.41. The van der Waals surface area contributed by atoms with E-state index >= 15 is 0 Å². The van der Waals surface area contributed by atoms with E-state index in [0.29, 0.717) is 23.8 Å². The van der Waals surface area contributed by atoms with Crippen LogP contribution in [0.15, 0.2) is 18.2 Å². The molecule has 1 aromatic carbocycles. The van der Waals surface area contributed by atoms with Crippen molar-refractivity contribution >= 4 is 33.0 Å². The molecule has 2 rings (SSSR count). The molecule has 1 fully saturated rings. The Labute approximate surface area is 130 Å². The van der Waals surface area contributed by atoms with Crippen molar-refractivity contribution < 1.29 is 13.2 Å². The fraction of sp³-hybridized carbons (Fsp3) is 0.500. The van der Waals surface area contributed by atoms with Gasteiger partial charge >= 0.3 is 0 Å². The molecule has 0 atom stereocenters. The van der Waals surface area contributed by atoms with E-state index in [4.69, 9.17) is 11.6 Å². The number of anilines is 1. The molecule has 1 heterocycles. The van der Waals surface area contributed by atoms with E-state index in [0.717, 1.165) is 11.8 Å². The Kier molecular flexibility index (Phi) is 4.60. The van der Waals surface area contributed by atoms with Gasteiger partial charge in [-0.3, -0.25) is 4.79 Å². The van der Waals surface area contributed by atoms with Crippen LogP contribution in [0, 0.1) is 6.92 Å². The van der Waals surface area contributed by atoms with Gasteiger partial charge in [-0.25, -0.2) is 8.42 Å². The molecule has 1 aliphatic rings. The predicted octanol–water partition coefficient (Wildman–Crippen LogP) is 1.75. The van der Waals surface area contributed by atoms with Crippen LogP contribution in [-0.2, 0) is 14.6 Å². The van der Waals surface area contributed by atoms with Gasteiger partial charge in [0.1, 0.15) is 0 Å². The number of piperidine rings is 1. The highest BCUT2D eigenvalue weighted by Gasteiger charge is 2.48. The maximum Gasteiger partial charge on any atom is 0.245 e. The predicted molar refractivity (Wildman–Crippen MR) is 84.5 cm³/mol. The lowest BCUT2D eigenvalue weighted by molar-refractivity contribution is -0.119. The minimum atomic E-state index is -3.52. The molecule has 0 spiro atoms. The molecule has 0 bridgehead atoms. The quantitative estimate of drug-likeness (QED) is 0.885. The maximum absolute atomic E-state index is 12.6. The monoisotopic (exact) mass is 330 g/mol.